The van der Waals surface area contributed by atoms with Crippen LogP contribution in [0.25, 0.3) is 0 Å². The Labute approximate surface area is 157 Å². The third kappa shape index (κ3) is 6.86. The number of ether oxygens (including phenoxy) is 2. The highest BCUT2D eigenvalue weighted by molar-refractivity contribution is 5.76. The van der Waals surface area contributed by atoms with Crippen LogP contribution >= 0.6 is 0 Å². The predicted molar refractivity (Wildman–Crippen MR) is 98.7 cm³/mol. The fraction of sp³-hybridized carbons (Fsp3) is 0.350. The van der Waals surface area contributed by atoms with Gasteiger partial charge in [-0.05, 0) is 24.1 Å². The van der Waals surface area contributed by atoms with Gasteiger partial charge in [0.15, 0.2) is 0 Å². The van der Waals surface area contributed by atoms with Crippen molar-refractivity contribution in [1.82, 2.24) is 5.32 Å². The molecule has 0 aromatic heterocycles. The number of benzene rings is 2. The third-order valence-corrected chi connectivity index (χ3v) is 3.84. The minimum atomic E-state index is -2.97. The zero-order valence-electron chi connectivity index (χ0n) is 15.2. The lowest BCUT2D eigenvalue weighted by Gasteiger charge is -2.15. The molecule has 0 saturated carbocycles. The minimum absolute atomic E-state index is 0.0220. The summed E-state index contributed by atoms with van der Waals surface area (Å²) in [6, 6.07) is 13.5. The van der Waals surface area contributed by atoms with Gasteiger partial charge in [0, 0.05) is 30.6 Å². The lowest BCUT2D eigenvalue weighted by molar-refractivity contribution is -0.121. The van der Waals surface area contributed by atoms with E-state index in [-0.39, 0.29) is 24.6 Å². The molecule has 146 valence electrons. The van der Waals surface area contributed by atoms with Gasteiger partial charge in [0.05, 0.1) is 6.61 Å². The van der Waals surface area contributed by atoms with Crippen LogP contribution in [0, 0.1) is 0 Å². The molecule has 5 nitrogen and oxygen atoms in total. The van der Waals surface area contributed by atoms with Gasteiger partial charge in [-0.25, -0.2) is 0 Å². The molecular weight excluding hydrogens is 354 g/mol. The second-order valence-corrected chi connectivity index (χ2v) is 5.99. The van der Waals surface area contributed by atoms with Crippen LogP contribution in [0.2, 0.25) is 0 Å². The van der Waals surface area contributed by atoms with Gasteiger partial charge in [-0.2, -0.15) is 8.78 Å². The van der Waals surface area contributed by atoms with Crippen molar-refractivity contribution in [1.29, 1.82) is 0 Å². The summed E-state index contributed by atoms with van der Waals surface area (Å²) >= 11 is 0. The molecule has 7 heteroatoms. The van der Waals surface area contributed by atoms with Gasteiger partial charge < -0.3 is 20.5 Å². The summed E-state index contributed by atoms with van der Waals surface area (Å²) in [7, 11) is 0. The quantitative estimate of drug-likeness (QED) is 0.660. The summed E-state index contributed by atoms with van der Waals surface area (Å²) in [5, 5.41) is 2.69. The van der Waals surface area contributed by atoms with Crippen molar-refractivity contribution < 1.29 is 23.0 Å². The molecule has 0 bridgehead atoms. The van der Waals surface area contributed by atoms with Crippen molar-refractivity contribution in [3.63, 3.8) is 0 Å². The van der Waals surface area contributed by atoms with Crippen LogP contribution in [-0.4, -0.2) is 19.1 Å². The number of carbonyl (C=O) groups is 1. The molecule has 2 aromatic carbocycles. The van der Waals surface area contributed by atoms with Crippen molar-refractivity contribution in [2.45, 2.75) is 39.0 Å². The number of nitrogens with one attached hydrogen (secondary N) is 1. The molecule has 1 unspecified atom stereocenters. The van der Waals surface area contributed by atoms with E-state index < -0.39 is 12.7 Å². The van der Waals surface area contributed by atoms with Crippen molar-refractivity contribution >= 4 is 5.91 Å². The lowest BCUT2D eigenvalue weighted by atomic mass is 10.0. The molecule has 0 heterocycles. The molecule has 1 amide bonds. The topological polar surface area (TPSA) is 73.6 Å². The van der Waals surface area contributed by atoms with E-state index in [4.69, 9.17) is 10.5 Å². The van der Waals surface area contributed by atoms with Crippen LogP contribution in [0.3, 0.4) is 0 Å². The second-order valence-electron chi connectivity index (χ2n) is 5.99. The molecule has 2 rings (SSSR count). The molecule has 3 N–H and O–H groups in total. The number of halogens is 2. The van der Waals surface area contributed by atoms with E-state index in [1.54, 1.807) is 12.1 Å². The number of carbonyl (C=O) groups excluding carboxylic acids is 1. The van der Waals surface area contributed by atoms with E-state index in [0.717, 1.165) is 12.0 Å². The Morgan fingerprint density at radius 2 is 1.93 bits per heavy atom. The zero-order chi connectivity index (χ0) is 19.6. The number of hydrogen-bond donors (Lipinski definition) is 2. The maximum absolute atomic E-state index is 12.7. The first-order valence-electron chi connectivity index (χ1n) is 8.77. The standard InChI is InChI=1S/C20H24F2N2O3/c1-2-10-26-16-9-8-15(18(11-16)27-20(21)22)13-24-19(25)12-17(23)14-6-4-3-5-7-14/h3-9,11,17,20H,2,10,12-13,23H2,1H3,(H,24,25). The Kier molecular flexibility index (Phi) is 8.00. The molecular formula is C20H24F2N2O3. The van der Waals surface area contributed by atoms with Gasteiger partial charge >= 0.3 is 6.61 Å². The Hall–Kier alpha value is -2.67. The third-order valence-electron chi connectivity index (χ3n) is 3.84. The molecule has 1 atom stereocenters. The highest BCUT2D eigenvalue weighted by Crippen LogP contribution is 2.27. The maximum Gasteiger partial charge on any atom is 0.387 e. The minimum Gasteiger partial charge on any atom is -0.493 e. The molecule has 0 spiro atoms. The van der Waals surface area contributed by atoms with E-state index in [1.165, 1.54) is 6.07 Å². The molecule has 0 radical (unpaired) electrons. The number of hydrogen-bond acceptors (Lipinski definition) is 4. The smallest absolute Gasteiger partial charge is 0.387 e. The van der Waals surface area contributed by atoms with Gasteiger partial charge in [-0.1, -0.05) is 37.3 Å². The Morgan fingerprint density at radius 1 is 1.19 bits per heavy atom. The van der Waals surface area contributed by atoms with Crippen molar-refractivity contribution in [2.24, 2.45) is 5.73 Å². The first-order chi connectivity index (χ1) is 13.0. The number of nitrogens with two attached hydrogens (primary N) is 1. The van der Waals surface area contributed by atoms with Gasteiger partial charge in [0.25, 0.3) is 0 Å². The fourth-order valence-electron chi connectivity index (χ4n) is 2.48. The average molecular weight is 378 g/mol. The highest BCUT2D eigenvalue weighted by Gasteiger charge is 2.14. The van der Waals surface area contributed by atoms with E-state index >= 15 is 0 Å². The Balaban J connectivity index is 1.97. The van der Waals surface area contributed by atoms with E-state index in [2.05, 4.69) is 10.1 Å². The normalized spacial score (nSPS) is 11.9. The summed E-state index contributed by atoms with van der Waals surface area (Å²) < 4.78 is 35.3. The molecule has 0 aliphatic carbocycles. The Bertz CT molecular complexity index is 726. The van der Waals surface area contributed by atoms with Gasteiger partial charge in [0.1, 0.15) is 11.5 Å². The monoisotopic (exact) mass is 378 g/mol. The van der Waals surface area contributed by atoms with Gasteiger partial charge in [-0.15, -0.1) is 0 Å². The highest BCUT2D eigenvalue weighted by atomic mass is 19.3. The first kappa shape index (κ1) is 20.6. The van der Waals surface area contributed by atoms with Crippen LogP contribution in [0.15, 0.2) is 48.5 Å². The summed E-state index contributed by atoms with van der Waals surface area (Å²) in [5.41, 5.74) is 7.31. The molecule has 27 heavy (non-hydrogen) atoms. The first-order valence-corrected chi connectivity index (χ1v) is 8.77. The summed E-state index contributed by atoms with van der Waals surface area (Å²) in [4.78, 5) is 12.1. The van der Waals surface area contributed by atoms with Gasteiger partial charge in [0.2, 0.25) is 5.91 Å². The van der Waals surface area contributed by atoms with Crippen LogP contribution < -0.4 is 20.5 Å². The number of rotatable bonds is 10. The van der Waals surface area contributed by atoms with Crippen molar-refractivity contribution in [3.8, 4) is 11.5 Å². The van der Waals surface area contributed by atoms with E-state index in [0.29, 0.717) is 17.9 Å². The SMILES string of the molecule is CCCOc1ccc(CNC(=O)CC(N)c2ccccc2)c(OC(F)F)c1. The van der Waals surface area contributed by atoms with Crippen molar-refractivity contribution in [2.75, 3.05) is 6.61 Å². The summed E-state index contributed by atoms with van der Waals surface area (Å²) in [6.07, 6.45) is 0.886. The molecule has 2 aromatic rings. The van der Waals surface area contributed by atoms with Crippen LogP contribution in [0.5, 0.6) is 11.5 Å². The summed E-state index contributed by atoms with van der Waals surface area (Å²) in [6.45, 7) is -0.495. The predicted octanol–water partition coefficient (Wildman–Crippen LogP) is 3.78. The lowest BCUT2D eigenvalue weighted by Crippen LogP contribution is -2.27. The molecule has 0 saturated heterocycles. The van der Waals surface area contributed by atoms with E-state index in [9.17, 15) is 13.6 Å². The van der Waals surface area contributed by atoms with Gasteiger partial charge in [-0.3, -0.25) is 4.79 Å². The Morgan fingerprint density at radius 3 is 2.59 bits per heavy atom. The zero-order valence-corrected chi connectivity index (χ0v) is 15.2. The second kappa shape index (κ2) is 10.5. The number of alkyl halides is 2. The average Bonchev–Trinajstić information content (AvgIpc) is 2.65. The molecule has 0 aliphatic rings. The molecule has 0 aliphatic heterocycles. The van der Waals surface area contributed by atoms with Crippen LogP contribution in [0.1, 0.15) is 36.9 Å². The van der Waals surface area contributed by atoms with Crippen LogP contribution in [-0.2, 0) is 11.3 Å². The largest absolute Gasteiger partial charge is 0.493 e. The van der Waals surface area contributed by atoms with Crippen molar-refractivity contribution in [3.05, 3.63) is 59.7 Å². The van der Waals surface area contributed by atoms with Crippen LogP contribution in [0.4, 0.5) is 8.78 Å². The molecule has 0 fully saturated rings. The van der Waals surface area contributed by atoms with E-state index in [1.807, 2.05) is 37.3 Å². The fourth-order valence-corrected chi connectivity index (χ4v) is 2.48. The number of amides is 1. The maximum atomic E-state index is 12.7. The summed E-state index contributed by atoms with van der Waals surface area (Å²) in [5.74, 6) is 0.139.